The van der Waals surface area contributed by atoms with Crippen LogP contribution in [0.1, 0.15) is 22.3 Å². The first-order valence-corrected chi connectivity index (χ1v) is 5.16. The Kier molecular flexibility index (Phi) is 4.98. The summed E-state index contributed by atoms with van der Waals surface area (Å²) in [6, 6.07) is 4.99. The van der Waals surface area contributed by atoms with E-state index in [0.29, 0.717) is 12.0 Å². The van der Waals surface area contributed by atoms with Gasteiger partial charge in [-0.3, -0.25) is 4.79 Å². The summed E-state index contributed by atoms with van der Waals surface area (Å²) in [5, 5.41) is 3.26. The number of azide groups is 1. The van der Waals surface area contributed by atoms with Crippen LogP contribution < -0.4 is 0 Å². The number of nitrogens with zero attached hydrogens (tertiary/aromatic N) is 3. The van der Waals surface area contributed by atoms with Gasteiger partial charge in [-0.05, 0) is 17.7 Å². The smallest absolute Gasteiger partial charge is 0.284 e. The number of hydrogen-bond donors (Lipinski definition) is 0. The third kappa shape index (κ3) is 4.74. The topological polar surface area (TPSA) is 65.8 Å². The predicted octanol–water partition coefficient (Wildman–Crippen LogP) is 3.48. The van der Waals surface area contributed by atoms with Gasteiger partial charge < -0.3 is 0 Å². The van der Waals surface area contributed by atoms with E-state index in [2.05, 4.69) is 21.9 Å². The lowest BCUT2D eigenvalue weighted by atomic mass is 10.1. The lowest BCUT2D eigenvalue weighted by molar-refractivity contribution is -0.0885. The minimum atomic E-state index is -4.90. The molecule has 7 heteroatoms. The molecule has 0 fully saturated rings. The molecule has 1 aromatic rings. The fourth-order valence-electron chi connectivity index (χ4n) is 1.22. The Hall–Kier alpha value is -2.45. The van der Waals surface area contributed by atoms with E-state index in [1.165, 1.54) is 12.1 Å². The summed E-state index contributed by atoms with van der Waals surface area (Å²) in [6.07, 6.45) is -4.60. The number of rotatable bonds is 3. The first-order chi connectivity index (χ1) is 8.95. The first kappa shape index (κ1) is 14.6. The average Bonchev–Trinajstić information content (AvgIpc) is 2.37. The van der Waals surface area contributed by atoms with Crippen LogP contribution in [-0.4, -0.2) is 18.5 Å². The van der Waals surface area contributed by atoms with Crippen molar-refractivity contribution in [3.05, 3.63) is 45.8 Å². The van der Waals surface area contributed by atoms with Gasteiger partial charge in [-0.2, -0.15) is 13.2 Å². The van der Waals surface area contributed by atoms with Gasteiger partial charge in [0.1, 0.15) is 0 Å². The van der Waals surface area contributed by atoms with Crippen LogP contribution in [0.15, 0.2) is 29.4 Å². The molecule has 1 aromatic carbocycles. The van der Waals surface area contributed by atoms with E-state index in [1.54, 1.807) is 0 Å². The minimum Gasteiger partial charge on any atom is -0.284 e. The number of hydrogen-bond acceptors (Lipinski definition) is 2. The van der Waals surface area contributed by atoms with E-state index < -0.39 is 17.5 Å². The van der Waals surface area contributed by atoms with Crippen molar-refractivity contribution >= 4 is 5.78 Å². The van der Waals surface area contributed by atoms with Crippen molar-refractivity contribution in [2.45, 2.75) is 12.6 Å². The molecule has 0 amide bonds. The molecule has 0 saturated carbocycles. The molecule has 0 aromatic heterocycles. The SMILES string of the molecule is [N-]=[N+]=NCCC#Cc1cccc(C(=O)C(F)(F)F)c1. The summed E-state index contributed by atoms with van der Waals surface area (Å²) in [7, 11) is 0. The van der Waals surface area contributed by atoms with Crippen LogP contribution in [0.2, 0.25) is 0 Å². The average molecular weight is 267 g/mol. The van der Waals surface area contributed by atoms with Crippen molar-refractivity contribution in [1.82, 2.24) is 0 Å². The molecular weight excluding hydrogens is 259 g/mol. The van der Waals surface area contributed by atoms with Gasteiger partial charge in [-0.1, -0.05) is 29.1 Å². The molecule has 0 aliphatic heterocycles. The fraction of sp³-hybridized carbons (Fsp3) is 0.250. The molecule has 0 radical (unpaired) electrons. The molecule has 0 aliphatic rings. The maximum Gasteiger partial charge on any atom is 0.454 e. The molecule has 19 heavy (non-hydrogen) atoms. The molecule has 0 N–H and O–H groups in total. The van der Waals surface area contributed by atoms with Crippen molar-refractivity contribution in [3.63, 3.8) is 0 Å². The van der Waals surface area contributed by atoms with Gasteiger partial charge in [-0.25, -0.2) is 0 Å². The molecular formula is C12H8F3N3O. The number of alkyl halides is 3. The quantitative estimate of drug-likeness (QED) is 0.206. The van der Waals surface area contributed by atoms with Gasteiger partial charge in [0, 0.05) is 29.0 Å². The van der Waals surface area contributed by atoms with Crippen molar-refractivity contribution in [2.75, 3.05) is 6.54 Å². The van der Waals surface area contributed by atoms with Crippen molar-refractivity contribution < 1.29 is 18.0 Å². The lowest BCUT2D eigenvalue weighted by Crippen LogP contribution is -2.22. The Morgan fingerprint density at radius 1 is 1.42 bits per heavy atom. The molecule has 4 nitrogen and oxygen atoms in total. The Bertz CT molecular complexity index is 578. The molecule has 0 spiro atoms. The van der Waals surface area contributed by atoms with E-state index >= 15 is 0 Å². The molecule has 0 saturated heterocycles. The molecule has 98 valence electrons. The van der Waals surface area contributed by atoms with Crippen LogP contribution in [-0.2, 0) is 0 Å². The first-order valence-electron chi connectivity index (χ1n) is 5.16. The maximum absolute atomic E-state index is 12.2. The van der Waals surface area contributed by atoms with Crippen LogP contribution in [0.5, 0.6) is 0 Å². The largest absolute Gasteiger partial charge is 0.454 e. The van der Waals surface area contributed by atoms with Crippen LogP contribution in [0.3, 0.4) is 0 Å². The van der Waals surface area contributed by atoms with E-state index in [1.807, 2.05) is 0 Å². The molecule has 0 atom stereocenters. The second-order valence-electron chi connectivity index (χ2n) is 3.41. The van der Waals surface area contributed by atoms with Crippen LogP contribution in [0.25, 0.3) is 10.4 Å². The molecule has 0 aliphatic carbocycles. The number of carbonyl (C=O) groups excluding carboxylic acids is 1. The highest BCUT2D eigenvalue weighted by Gasteiger charge is 2.39. The van der Waals surface area contributed by atoms with Crippen LogP contribution >= 0.6 is 0 Å². The van der Waals surface area contributed by atoms with Crippen molar-refractivity contribution in [1.29, 1.82) is 0 Å². The number of benzene rings is 1. The predicted molar refractivity (Wildman–Crippen MR) is 62.3 cm³/mol. The van der Waals surface area contributed by atoms with Gasteiger partial charge in [0.25, 0.3) is 5.78 Å². The maximum atomic E-state index is 12.2. The highest BCUT2D eigenvalue weighted by atomic mass is 19.4. The van der Waals surface area contributed by atoms with Crippen molar-refractivity contribution in [2.24, 2.45) is 5.11 Å². The number of Topliss-reactive ketones (excluding diaryl/α,β-unsaturated/α-hetero) is 1. The highest BCUT2D eigenvalue weighted by molar-refractivity contribution is 6.00. The monoisotopic (exact) mass is 267 g/mol. The normalized spacial score (nSPS) is 10.1. The Labute approximate surface area is 106 Å². The van der Waals surface area contributed by atoms with Gasteiger partial charge >= 0.3 is 6.18 Å². The molecule has 0 heterocycles. The summed E-state index contributed by atoms with van der Waals surface area (Å²) < 4.78 is 36.7. The summed E-state index contributed by atoms with van der Waals surface area (Å²) in [5.41, 5.74) is 7.87. The minimum absolute atomic E-state index is 0.185. The summed E-state index contributed by atoms with van der Waals surface area (Å²) in [5.74, 6) is 3.33. The number of carbonyl (C=O) groups is 1. The Morgan fingerprint density at radius 3 is 2.79 bits per heavy atom. The van der Waals surface area contributed by atoms with E-state index in [4.69, 9.17) is 5.53 Å². The van der Waals surface area contributed by atoms with Crippen LogP contribution in [0.4, 0.5) is 13.2 Å². The third-order valence-corrected chi connectivity index (χ3v) is 2.01. The summed E-state index contributed by atoms with van der Waals surface area (Å²) in [6.45, 7) is 0.185. The zero-order chi connectivity index (χ0) is 14.3. The summed E-state index contributed by atoms with van der Waals surface area (Å²) in [4.78, 5) is 13.5. The summed E-state index contributed by atoms with van der Waals surface area (Å²) >= 11 is 0. The fourth-order valence-corrected chi connectivity index (χ4v) is 1.22. The standard InChI is InChI=1S/C12H8F3N3O/c13-12(14,15)11(19)10-6-3-5-9(8-10)4-1-2-7-17-18-16/h3,5-6,8H,2,7H2. The molecule has 0 unspecified atom stereocenters. The van der Waals surface area contributed by atoms with E-state index in [9.17, 15) is 18.0 Å². The zero-order valence-electron chi connectivity index (χ0n) is 9.61. The second-order valence-corrected chi connectivity index (χ2v) is 3.41. The highest BCUT2D eigenvalue weighted by Crippen LogP contribution is 2.21. The Balaban J connectivity index is 2.83. The van der Waals surface area contributed by atoms with Gasteiger partial charge in [0.15, 0.2) is 0 Å². The molecule has 0 bridgehead atoms. The number of ketones is 1. The van der Waals surface area contributed by atoms with Gasteiger partial charge in [0.05, 0.1) is 0 Å². The van der Waals surface area contributed by atoms with Gasteiger partial charge in [0.2, 0.25) is 0 Å². The third-order valence-electron chi connectivity index (χ3n) is 2.01. The molecule has 1 rings (SSSR count). The van der Waals surface area contributed by atoms with Crippen LogP contribution in [0, 0.1) is 11.8 Å². The van der Waals surface area contributed by atoms with Gasteiger partial charge in [-0.15, -0.1) is 0 Å². The number of halogens is 3. The van der Waals surface area contributed by atoms with Crippen molar-refractivity contribution in [3.8, 4) is 11.8 Å². The second kappa shape index (κ2) is 6.47. The lowest BCUT2D eigenvalue weighted by Gasteiger charge is -2.04. The van der Waals surface area contributed by atoms with E-state index in [0.717, 1.165) is 12.1 Å². The van der Waals surface area contributed by atoms with E-state index in [-0.39, 0.29) is 6.54 Å². The zero-order valence-corrected chi connectivity index (χ0v) is 9.61. The Morgan fingerprint density at radius 2 is 2.16 bits per heavy atom.